The highest BCUT2D eigenvalue weighted by molar-refractivity contribution is 5.94. The summed E-state index contributed by atoms with van der Waals surface area (Å²) in [6.07, 6.45) is -0.264. The van der Waals surface area contributed by atoms with Gasteiger partial charge in [0.1, 0.15) is 18.1 Å². The molecule has 13 heteroatoms. The van der Waals surface area contributed by atoms with Crippen molar-refractivity contribution < 1.29 is 39.3 Å². The van der Waals surface area contributed by atoms with Crippen LogP contribution in [0.1, 0.15) is 32.3 Å². The lowest BCUT2D eigenvalue weighted by Crippen LogP contribution is -2.59. The lowest BCUT2D eigenvalue weighted by atomic mass is 10.0. The van der Waals surface area contributed by atoms with Crippen molar-refractivity contribution >= 4 is 40.6 Å². The quantitative estimate of drug-likeness (QED) is 0.164. The minimum absolute atomic E-state index is 0.0494. The fraction of sp³-hybridized carbons (Fsp3) is 0.435. The molecule has 36 heavy (non-hydrogen) atoms. The molecule has 0 spiro atoms. The number of nitrogens with one attached hydrogen (secondary N) is 4. The first kappa shape index (κ1) is 28.3. The number of nitrogens with two attached hydrogens (primary N) is 1. The van der Waals surface area contributed by atoms with Crippen molar-refractivity contribution in [3.05, 3.63) is 36.0 Å². The number of aliphatic carboxylic acids is 2. The number of H-pyrrole nitrogens is 1. The summed E-state index contributed by atoms with van der Waals surface area (Å²) < 4.78 is 0. The Morgan fingerprint density at radius 3 is 2.25 bits per heavy atom. The van der Waals surface area contributed by atoms with E-state index in [-0.39, 0.29) is 19.3 Å². The Labute approximate surface area is 206 Å². The Morgan fingerprint density at radius 1 is 0.972 bits per heavy atom. The molecule has 9 N–H and O–H groups in total. The molecule has 3 amide bonds. The van der Waals surface area contributed by atoms with Gasteiger partial charge >= 0.3 is 11.9 Å². The number of hydrogen-bond acceptors (Lipinski definition) is 7. The summed E-state index contributed by atoms with van der Waals surface area (Å²) in [5, 5.41) is 36.1. The predicted octanol–water partition coefficient (Wildman–Crippen LogP) is -1.16. The van der Waals surface area contributed by atoms with E-state index in [0.717, 1.165) is 10.9 Å². The molecule has 13 nitrogen and oxygen atoms in total. The van der Waals surface area contributed by atoms with Crippen LogP contribution >= 0.6 is 0 Å². The number of fused-ring (bicyclic) bond motifs is 1. The van der Waals surface area contributed by atoms with Crippen LogP contribution in [0.4, 0.5) is 0 Å². The molecule has 1 heterocycles. The molecule has 1 aromatic heterocycles. The molecule has 0 saturated heterocycles. The number of para-hydroxylation sites is 1. The molecular formula is C23H31N5O8. The summed E-state index contributed by atoms with van der Waals surface area (Å²) in [5.74, 6) is -4.96. The summed E-state index contributed by atoms with van der Waals surface area (Å²) in [5.41, 5.74) is 7.08. The number of hydrogen-bond donors (Lipinski definition) is 8. The molecule has 0 saturated carbocycles. The van der Waals surface area contributed by atoms with Gasteiger partial charge in [-0.1, -0.05) is 18.2 Å². The largest absolute Gasteiger partial charge is 0.481 e. The zero-order valence-electron chi connectivity index (χ0n) is 19.9. The fourth-order valence-corrected chi connectivity index (χ4v) is 3.46. The second-order valence-electron chi connectivity index (χ2n) is 8.46. The zero-order chi connectivity index (χ0) is 27.0. The molecule has 0 bridgehead atoms. The summed E-state index contributed by atoms with van der Waals surface area (Å²) in [7, 11) is 0. The van der Waals surface area contributed by atoms with E-state index < -0.39 is 59.9 Å². The van der Waals surface area contributed by atoms with E-state index in [0.29, 0.717) is 5.56 Å². The summed E-state index contributed by atoms with van der Waals surface area (Å²) in [4.78, 5) is 62.9. The summed E-state index contributed by atoms with van der Waals surface area (Å²) >= 11 is 0. The molecule has 0 radical (unpaired) electrons. The Hall–Kier alpha value is -3.97. The normalized spacial score (nSPS) is 15.2. The van der Waals surface area contributed by atoms with Gasteiger partial charge in [0.2, 0.25) is 17.7 Å². The number of aromatic nitrogens is 1. The Balaban J connectivity index is 2.02. The van der Waals surface area contributed by atoms with Gasteiger partial charge in [-0.2, -0.15) is 0 Å². The number of aliphatic hydroxyl groups is 1. The average Bonchev–Trinajstić information content (AvgIpc) is 3.22. The van der Waals surface area contributed by atoms with Gasteiger partial charge < -0.3 is 42.0 Å². The van der Waals surface area contributed by atoms with Crippen molar-refractivity contribution in [1.29, 1.82) is 0 Å². The molecule has 5 atom stereocenters. The van der Waals surface area contributed by atoms with Crippen LogP contribution in [-0.2, 0) is 30.4 Å². The summed E-state index contributed by atoms with van der Waals surface area (Å²) in [6, 6.07) is 2.06. The second-order valence-corrected chi connectivity index (χ2v) is 8.46. The maximum Gasteiger partial charge on any atom is 0.326 e. The zero-order valence-corrected chi connectivity index (χ0v) is 19.9. The number of aliphatic hydroxyl groups excluding tert-OH is 1. The standard InChI is InChI=1S/C23H31N5O8/c1-11(26-21(33)15(24)7-8-18(30)31)20(32)28-19(12(2)29)22(34)27-17(23(35)36)9-13-10-25-16-6-4-3-5-14(13)16/h3-6,10-12,15,17,19,25,29H,7-9,24H2,1-2H3,(H,26,33)(H,27,34)(H,28,32)(H,30,31)(H,35,36). The SMILES string of the molecule is CC(NC(=O)C(N)CCC(=O)O)C(=O)NC(C(=O)NC(Cc1c[nH]c2ccccc12)C(=O)O)C(C)O. The van der Waals surface area contributed by atoms with E-state index in [1.807, 2.05) is 18.2 Å². The number of amides is 3. The molecule has 0 aliphatic heterocycles. The molecule has 0 aliphatic carbocycles. The molecule has 5 unspecified atom stereocenters. The third-order valence-electron chi connectivity index (χ3n) is 5.53. The topological polar surface area (TPSA) is 224 Å². The third-order valence-corrected chi connectivity index (χ3v) is 5.53. The number of aromatic amines is 1. The monoisotopic (exact) mass is 505 g/mol. The van der Waals surface area contributed by atoms with Crippen LogP contribution in [0.25, 0.3) is 10.9 Å². The number of benzene rings is 1. The molecule has 0 fully saturated rings. The fourth-order valence-electron chi connectivity index (χ4n) is 3.46. The first-order chi connectivity index (χ1) is 16.9. The van der Waals surface area contributed by atoms with Crippen LogP contribution in [0.5, 0.6) is 0 Å². The van der Waals surface area contributed by atoms with Crippen molar-refractivity contribution in [1.82, 2.24) is 20.9 Å². The van der Waals surface area contributed by atoms with Crippen LogP contribution < -0.4 is 21.7 Å². The summed E-state index contributed by atoms with van der Waals surface area (Å²) in [6.45, 7) is 2.55. The number of carboxylic acid groups (broad SMARTS) is 2. The second kappa shape index (κ2) is 12.7. The van der Waals surface area contributed by atoms with E-state index in [4.69, 9.17) is 10.8 Å². The van der Waals surface area contributed by atoms with Crippen LogP contribution in [-0.4, -0.2) is 80.2 Å². The van der Waals surface area contributed by atoms with Gasteiger partial charge in [-0.3, -0.25) is 19.2 Å². The van der Waals surface area contributed by atoms with Crippen LogP contribution in [0, 0.1) is 0 Å². The van der Waals surface area contributed by atoms with Crippen molar-refractivity contribution in [2.45, 2.75) is 63.4 Å². The number of carbonyl (C=O) groups excluding carboxylic acids is 3. The number of carbonyl (C=O) groups is 5. The molecule has 0 aliphatic rings. The minimum Gasteiger partial charge on any atom is -0.481 e. The van der Waals surface area contributed by atoms with Gasteiger partial charge in [-0.05, 0) is 31.9 Å². The van der Waals surface area contributed by atoms with E-state index in [9.17, 15) is 34.2 Å². The van der Waals surface area contributed by atoms with E-state index in [2.05, 4.69) is 20.9 Å². The molecular weight excluding hydrogens is 474 g/mol. The average molecular weight is 506 g/mol. The van der Waals surface area contributed by atoms with Gasteiger partial charge in [-0.25, -0.2) is 4.79 Å². The Morgan fingerprint density at radius 2 is 1.64 bits per heavy atom. The maximum atomic E-state index is 12.8. The Bertz CT molecular complexity index is 1110. The van der Waals surface area contributed by atoms with E-state index in [1.165, 1.54) is 13.8 Å². The lowest BCUT2D eigenvalue weighted by molar-refractivity contribution is -0.143. The maximum absolute atomic E-state index is 12.8. The van der Waals surface area contributed by atoms with Gasteiger partial charge in [0.15, 0.2) is 0 Å². The van der Waals surface area contributed by atoms with Crippen molar-refractivity contribution in [3.8, 4) is 0 Å². The molecule has 2 aromatic rings. The predicted molar refractivity (Wildman–Crippen MR) is 128 cm³/mol. The molecule has 2 rings (SSSR count). The Kier molecular flexibility index (Phi) is 9.93. The van der Waals surface area contributed by atoms with E-state index >= 15 is 0 Å². The number of carboxylic acids is 2. The molecule has 1 aromatic carbocycles. The smallest absolute Gasteiger partial charge is 0.326 e. The van der Waals surface area contributed by atoms with Gasteiger partial charge in [0.05, 0.1) is 12.1 Å². The van der Waals surface area contributed by atoms with Crippen LogP contribution in [0.2, 0.25) is 0 Å². The van der Waals surface area contributed by atoms with Crippen LogP contribution in [0.3, 0.4) is 0 Å². The highest BCUT2D eigenvalue weighted by Crippen LogP contribution is 2.19. The van der Waals surface area contributed by atoms with Crippen LogP contribution in [0.15, 0.2) is 30.5 Å². The first-order valence-corrected chi connectivity index (χ1v) is 11.2. The number of rotatable bonds is 13. The van der Waals surface area contributed by atoms with Gasteiger partial charge in [0.25, 0.3) is 0 Å². The lowest BCUT2D eigenvalue weighted by Gasteiger charge is -2.25. The van der Waals surface area contributed by atoms with Gasteiger partial charge in [-0.15, -0.1) is 0 Å². The van der Waals surface area contributed by atoms with Crippen molar-refractivity contribution in [2.75, 3.05) is 0 Å². The van der Waals surface area contributed by atoms with Crippen molar-refractivity contribution in [3.63, 3.8) is 0 Å². The van der Waals surface area contributed by atoms with Gasteiger partial charge in [0, 0.05) is 29.9 Å². The highest BCUT2D eigenvalue weighted by Gasteiger charge is 2.32. The highest BCUT2D eigenvalue weighted by atomic mass is 16.4. The van der Waals surface area contributed by atoms with E-state index in [1.54, 1.807) is 12.3 Å². The minimum atomic E-state index is -1.51. The molecule has 196 valence electrons. The van der Waals surface area contributed by atoms with Crippen molar-refractivity contribution in [2.24, 2.45) is 5.73 Å². The third kappa shape index (κ3) is 7.78. The first-order valence-electron chi connectivity index (χ1n) is 11.2.